The maximum atomic E-state index is 5.79. The molecule has 0 saturated carbocycles. The molecule has 0 bridgehead atoms. The van der Waals surface area contributed by atoms with E-state index < -0.39 is 0 Å². The fourth-order valence-corrected chi connectivity index (χ4v) is 2.09. The molecule has 0 aliphatic heterocycles. The SMILES string of the molecule is Cc1cc(OCCc2ccnn2C)ccc1C#CCCCl. The first-order valence-electron chi connectivity index (χ1n) is 6.96. The standard InChI is InChI=1S/C17H19ClN2O/c1-14-13-17(7-6-15(14)5-3-4-10-18)21-12-9-16-8-11-19-20(16)2/h6-8,11,13H,4,9-10,12H2,1-2H3. The van der Waals surface area contributed by atoms with E-state index in [9.17, 15) is 0 Å². The molecule has 0 amide bonds. The third-order valence-corrected chi connectivity index (χ3v) is 3.38. The minimum absolute atomic E-state index is 0.571. The monoisotopic (exact) mass is 302 g/mol. The Balaban J connectivity index is 1.91. The molecule has 1 heterocycles. The molecule has 0 fully saturated rings. The average Bonchev–Trinajstić information content (AvgIpc) is 2.87. The van der Waals surface area contributed by atoms with Gasteiger partial charge in [0.1, 0.15) is 5.75 Å². The van der Waals surface area contributed by atoms with Crippen LogP contribution in [-0.4, -0.2) is 22.3 Å². The predicted molar refractivity (Wildman–Crippen MR) is 85.8 cm³/mol. The molecule has 1 aromatic carbocycles. The van der Waals surface area contributed by atoms with E-state index in [0.717, 1.165) is 29.0 Å². The molecule has 2 rings (SSSR count). The molecule has 0 spiro atoms. The number of aromatic nitrogens is 2. The van der Waals surface area contributed by atoms with Gasteiger partial charge in [-0.15, -0.1) is 11.6 Å². The van der Waals surface area contributed by atoms with Crippen molar-refractivity contribution in [2.45, 2.75) is 19.8 Å². The zero-order chi connectivity index (χ0) is 15.1. The molecule has 110 valence electrons. The predicted octanol–water partition coefficient (Wildman–Crippen LogP) is 3.33. The van der Waals surface area contributed by atoms with Crippen LogP contribution in [-0.2, 0) is 13.5 Å². The van der Waals surface area contributed by atoms with Crippen LogP contribution in [0, 0.1) is 18.8 Å². The zero-order valence-electron chi connectivity index (χ0n) is 12.4. The van der Waals surface area contributed by atoms with E-state index in [1.54, 1.807) is 6.20 Å². The quantitative estimate of drug-likeness (QED) is 0.626. The summed E-state index contributed by atoms with van der Waals surface area (Å²) in [7, 11) is 1.94. The van der Waals surface area contributed by atoms with Gasteiger partial charge in [-0.05, 0) is 36.8 Å². The van der Waals surface area contributed by atoms with E-state index >= 15 is 0 Å². The van der Waals surface area contributed by atoms with Crippen molar-refractivity contribution in [1.29, 1.82) is 0 Å². The number of nitrogens with zero attached hydrogens (tertiary/aromatic N) is 2. The maximum Gasteiger partial charge on any atom is 0.119 e. The molecule has 4 heteroatoms. The number of halogens is 1. The summed E-state index contributed by atoms with van der Waals surface area (Å²) in [5, 5.41) is 4.14. The first kappa shape index (κ1) is 15.5. The minimum atomic E-state index is 0.571. The van der Waals surface area contributed by atoms with E-state index in [4.69, 9.17) is 16.3 Å². The number of benzene rings is 1. The van der Waals surface area contributed by atoms with Crippen molar-refractivity contribution in [2.24, 2.45) is 7.05 Å². The highest BCUT2D eigenvalue weighted by molar-refractivity contribution is 6.18. The summed E-state index contributed by atoms with van der Waals surface area (Å²) >= 11 is 5.61. The molecule has 21 heavy (non-hydrogen) atoms. The van der Waals surface area contributed by atoms with Gasteiger partial charge in [-0.2, -0.15) is 5.10 Å². The Morgan fingerprint density at radius 2 is 2.19 bits per heavy atom. The van der Waals surface area contributed by atoms with Crippen molar-refractivity contribution >= 4 is 11.6 Å². The van der Waals surface area contributed by atoms with Crippen LogP contribution in [0.25, 0.3) is 0 Å². The summed E-state index contributed by atoms with van der Waals surface area (Å²) in [5.41, 5.74) is 3.31. The van der Waals surface area contributed by atoms with Crippen LogP contribution in [0.3, 0.4) is 0 Å². The lowest BCUT2D eigenvalue weighted by Gasteiger charge is -2.08. The van der Waals surface area contributed by atoms with Crippen molar-refractivity contribution < 1.29 is 4.74 Å². The second-order valence-corrected chi connectivity index (χ2v) is 5.14. The highest BCUT2D eigenvalue weighted by atomic mass is 35.5. The normalized spacial score (nSPS) is 10.0. The summed E-state index contributed by atoms with van der Waals surface area (Å²) in [4.78, 5) is 0. The van der Waals surface area contributed by atoms with E-state index in [0.29, 0.717) is 18.9 Å². The van der Waals surface area contributed by atoms with Crippen molar-refractivity contribution in [3.63, 3.8) is 0 Å². The van der Waals surface area contributed by atoms with Crippen LogP contribution in [0.2, 0.25) is 0 Å². The lowest BCUT2D eigenvalue weighted by Crippen LogP contribution is -2.06. The molecule has 3 nitrogen and oxygen atoms in total. The number of rotatable bonds is 5. The molecule has 0 unspecified atom stereocenters. The van der Waals surface area contributed by atoms with Gasteiger partial charge >= 0.3 is 0 Å². The molecule has 0 N–H and O–H groups in total. The van der Waals surface area contributed by atoms with Crippen molar-refractivity contribution in [2.75, 3.05) is 12.5 Å². The Morgan fingerprint density at radius 1 is 1.33 bits per heavy atom. The van der Waals surface area contributed by atoms with Crippen LogP contribution < -0.4 is 4.74 Å². The Hall–Kier alpha value is -1.92. The van der Waals surface area contributed by atoms with Crippen LogP contribution >= 0.6 is 11.6 Å². The van der Waals surface area contributed by atoms with Gasteiger partial charge in [-0.25, -0.2) is 0 Å². The maximum absolute atomic E-state index is 5.79. The average molecular weight is 303 g/mol. The molecule has 1 aromatic heterocycles. The minimum Gasteiger partial charge on any atom is -0.493 e. The lowest BCUT2D eigenvalue weighted by molar-refractivity contribution is 0.318. The summed E-state index contributed by atoms with van der Waals surface area (Å²) < 4.78 is 7.65. The smallest absolute Gasteiger partial charge is 0.119 e. The second kappa shape index (κ2) is 7.75. The fraction of sp³-hybridized carbons (Fsp3) is 0.353. The Morgan fingerprint density at radius 3 is 2.86 bits per heavy atom. The number of aryl methyl sites for hydroxylation is 2. The number of ether oxygens (including phenoxy) is 1. The van der Waals surface area contributed by atoms with Gasteiger partial charge < -0.3 is 4.74 Å². The van der Waals surface area contributed by atoms with Crippen LogP contribution in [0.5, 0.6) is 5.75 Å². The topological polar surface area (TPSA) is 27.1 Å². The van der Waals surface area contributed by atoms with E-state index in [1.807, 2.05) is 42.9 Å². The molecular formula is C17H19ClN2O. The van der Waals surface area contributed by atoms with Gasteiger partial charge in [0.05, 0.1) is 6.61 Å². The zero-order valence-corrected chi connectivity index (χ0v) is 13.2. The van der Waals surface area contributed by atoms with Crippen LogP contribution in [0.15, 0.2) is 30.5 Å². The second-order valence-electron chi connectivity index (χ2n) is 4.76. The summed E-state index contributed by atoms with van der Waals surface area (Å²) in [6.45, 7) is 2.68. The van der Waals surface area contributed by atoms with Gasteiger partial charge in [-0.3, -0.25) is 4.68 Å². The van der Waals surface area contributed by atoms with Crippen molar-refractivity contribution in [1.82, 2.24) is 9.78 Å². The van der Waals surface area contributed by atoms with E-state index in [1.165, 1.54) is 0 Å². The molecule has 0 aliphatic rings. The largest absolute Gasteiger partial charge is 0.493 e. The third-order valence-electron chi connectivity index (χ3n) is 3.19. The molecule has 0 radical (unpaired) electrons. The number of hydrogen-bond donors (Lipinski definition) is 0. The molecule has 0 aliphatic carbocycles. The molecular weight excluding hydrogens is 284 g/mol. The van der Waals surface area contributed by atoms with Gasteiger partial charge in [-0.1, -0.05) is 11.8 Å². The molecule has 0 saturated heterocycles. The van der Waals surface area contributed by atoms with Gasteiger partial charge in [0.15, 0.2) is 0 Å². The van der Waals surface area contributed by atoms with E-state index in [2.05, 4.69) is 16.9 Å². The number of alkyl halides is 1. The Bertz CT molecular complexity index is 652. The van der Waals surface area contributed by atoms with Crippen molar-refractivity contribution in [3.05, 3.63) is 47.3 Å². The summed E-state index contributed by atoms with van der Waals surface area (Å²) in [5.74, 6) is 7.62. The third kappa shape index (κ3) is 4.54. The van der Waals surface area contributed by atoms with Crippen LogP contribution in [0.4, 0.5) is 0 Å². The first-order chi connectivity index (χ1) is 10.2. The molecule has 0 atom stereocenters. The van der Waals surface area contributed by atoms with E-state index in [-0.39, 0.29) is 0 Å². The van der Waals surface area contributed by atoms with Crippen molar-refractivity contribution in [3.8, 4) is 17.6 Å². The van der Waals surface area contributed by atoms with Gasteiger partial charge in [0, 0.05) is 43.2 Å². The Kier molecular flexibility index (Phi) is 5.71. The lowest BCUT2D eigenvalue weighted by atomic mass is 10.1. The molecule has 2 aromatic rings. The van der Waals surface area contributed by atoms with Gasteiger partial charge in [0.25, 0.3) is 0 Å². The highest BCUT2D eigenvalue weighted by Crippen LogP contribution is 2.17. The van der Waals surface area contributed by atoms with Gasteiger partial charge in [0.2, 0.25) is 0 Å². The highest BCUT2D eigenvalue weighted by Gasteiger charge is 2.01. The van der Waals surface area contributed by atoms with Crippen LogP contribution in [0.1, 0.15) is 23.2 Å². The Labute approximate surface area is 130 Å². The summed E-state index contributed by atoms with van der Waals surface area (Å²) in [6.07, 6.45) is 3.35. The fourth-order valence-electron chi connectivity index (χ4n) is 1.99. The summed E-state index contributed by atoms with van der Waals surface area (Å²) in [6, 6.07) is 7.98. The first-order valence-corrected chi connectivity index (χ1v) is 7.49. The number of hydrogen-bond acceptors (Lipinski definition) is 2.